The third-order valence-electron chi connectivity index (χ3n) is 2.97. The van der Waals surface area contributed by atoms with Gasteiger partial charge in [0.15, 0.2) is 11.6 Å². The fourth-order valence-corrected chi connectivity index (χ4v) is 2.03. The third kappa shape index (κ3) is 2.76. The van der Waals surface area contributed by atoms with Crippen LogP contribution in [-0.2, 0) is 11.3 Å². The van der Waals surface area contributed by atoms with Gasteiger partial charge in [-0.05, 0) is 12.1 Å². The highest BCUT2D eigenvalue weighted by atomic mass is 19.4. The zero-order valence-electron chi connectivity index (χ0n) is 10.8. The quantitative estimate of drug-likeness (QED) is 0.641. The van der Waals surface area contributed by atoms with E-state index < -0.39 is 34.5 Å². The lowest BCUT2D eigenvalue weighted by atomic mass is 10.1. The number of halogens is 5. The summed E-state index contributed by atoms with van der Waals surface area (Å²) in [5, 5.41) is -0.673. The van der Waals surface area contributed by atoms with E-state index in [1.165, 1.54) is 11.7 Å². The van der Waals surface area contributed by atoms with Crippen molar-refractivity contribution >= 4 is 16.7 Å². The Morgan fingerprint density at radius 2 is 1.95 bits per heavy atom. The first-order chi connectivity index (χ1) is 9.77. The zero-order chi connectivity index (χ0) is 15.8. The molecule has 0 aliphatic rings. The van der Waals surface area contributed by atoms with Crippen LogP contribution in [-0.4, -0.2) is 30.2 Å². The van der Waals surface area contributed by atoms with Gasteiger partial charge in [0, 0.05) is 25.2 Å². The summed E-state index contributed by atoms with van der Waals surface area (Å²) in [6.07, 6.45) is -4.30. The van der Waals surface area contributed by atoms with Crippen molar-refractivity contribution in [2.75, 3.05) is 13.7 Å². The molecule has 0 atom stereocenters. The van der Waals surface area contributed by atoms with Crippen molar-refractivity contribution in [2.24, 2.45) is 0 Å². The van der Waals surface area contributed by atoms with Gasteiger partial charge in [-0.1, -0.05) is 0 Å². The lowest BCUT2D eigenvalue weighted by Crippen LogP contribution is -2.22. The van der Waals surface area contributed by atoms with Crippen LogP contribution in [0.1, 0.15) is 10.4 Å². The van der Waals surface area contributed by atoms with Crippen molar-refractivity contribution in [3.05, 3.63) is 35.5 Å². The maximum absolute atomic E-state index is 13.8. The van der Waals surface area contributed by atoms with Crippen LogP contribution in [0, 0.1) is 11.6 Å². The van der Waals surface area contributed by atoms with E-state index in [1.54, 1.807) is 0 Å². The van der Waals surface area contributed by atoms with E-state index in [2.05, 4.69) is 0 Å². The Balaban J connectivity index is 2.69. The van der Waals surface area contributed by atoms with Gasteiger partial charge in [-0.15, -0.1) is 0 Å². The van der Waals surface area contributed by atoms with Gasteiger partial charge in [0.05, 0.1) is 17.7 Å². The SMILES string of the molecule is COCCn1cc(C(=O)C(F)(F)F)c2c(F)c(F)ccc21. The van der Waals surface area contributed by atoms with Gasteiger partial charge in [0.2, 0.25) is 0 Å². The standard InChI is InChI=1S/C13H10F5NO2/c1-21-5-4-19-6-7(12(20)13(16,17)18)10-9(19)3-2-8(14)11(10)15/h2-3,6H,4-5H2,1H3. The summed E-state index contributed by atoms with van der Waals surface area (Å²) < 4.78 is 70.7. The molecule has 0 N–H and O–H groups in total. The van der Waals surface area contributed by atoms with Crippen molar-refractivity contribution in [3.63, 3.8) is 0 Å². The Kier molecular flexibility index (Phi) is 3.99. The molecule has 2 aromatic rings. The van der Waals surface area contributed by atoms with E-state index in [9.17, 15) is 26.7 Å². The molecule has 1 aromatic carbocycles. The maximum Gasteiger partial charge on any atom is 0.454 e. The number of ether oxygens (including phenoxy) is 1. The van der Waals surface area contributed by atoms with Crippen molar-refractivity contribution in [1.82, 2.24) is 4.57 Å². The van der Waals surface area contributed by atoms with Crippen molar-refractivity contribution < 1.29 is 31.5 Å². The molecule has 1 heterocycles. The highest BCUT2D eigenvalue weighted by Gasteiger charge is 2.41. The predicted molar refractivity (Wildman–Crippen MR) is 64.1 cm³/mol. The molecule has 0 unspecified atom stereocenters. The van der Waals surface area contributed by atoms with Gasteiger partial charge in [0.25, 0.3) is 5.78 Å². The first kappa shape index (κ1) is 15.4. The van der Waals surface area contributed by atoms with E-state index in [1.807, 2.05) is 0 Å². The number of alkyl halides is 3. The molecule has 114 valence electrons. The van der Waals surface area contributed by atoms with Crippen molar-refractivity contribution in [3.8, 4) is 0 Å². The van der Waals surface area contributed by atoms with Crippen LogP contribution in [0.4, 0.5) is 22.0 Å². The molecule has 0 saturated heterocycles. The van der Waals surface area contributed by atoms with Gasteiger partial charge in [-0.25, -0.2) is 8.78 Å². The molecule has 0 aliphatic carbocycles. The number of rotatable bonds is 4. The van der Waals surface area contributed by atoms with E-state index in [0.717, 1.165) is 18.3 Å². The van der Waals surface area contributed by atoms with Gasteiger partial charge in [-0.3, -0.25) is 4.79 Å². The second kappa shape index (κ2) is 5.44. The van der Waals surface area contributed by atoms with E-state index in [0.29, 0.717) is 0 Å². The van der Waals surface area contributed by atoms with Crippen LogP contribution < -0.4 is 0 Å². The minimum atomic E-state index is -5.17. The van der Waals surface area contributed by atoms with Crippen LogP contribution in [0.25, 0.3) is 10.9 Å². The highest BCUT2D eigenvalue weighted by molar-refractivity contribution is 6.10. The van der Waals surface area contributed by atoms with Gasteiger partial charge < -0.3 is 9.30 Å². The fourth-order valence-electron chi connectivity index (χ4n) is 2.03. The minimum Gasteiger partial charge on any atom is -0.383 e. The molecule has 3 nitrogen and oxygen atoms in total. The highest BCUT2D eigenvalue weighted by Crippen LogP contribution is 2.31. The Labute approximate surface area is 115 Å². The summed E-state index contributed by atoms with van der Waals surface area (Å²) in [6.45, 7) is 0.242. The van der Waals surface area contributed by atoms with Crippen LogP contribution in [0.3, 0.4) is 0 Å². The molecule has 0 aliphatic heterocycles. The van der Waals surface area contributed by atoms with Crippen LogP contribution in [0.2, 0.25) is 0 Å². The summed E-state index contributed by atoms with van der Waals surface area (Å²) in [5.41, 5.74) is -0.913. The molecular formula is C13H10F5NO2. The van der Waals surface area contributed by atoms with Gasteiger partial charge in [0.1, 0.15) is 0 Å². The number of hydrogen-bond donors (Lipinski definition) is 0. The number of methoxy groups -OCH3 is 1. The molecule has 0 radical (unpaired) electrons. The van der Waals surface area contributed by atoms with Gasteiger partial charge in [-0.2, -0.15) is 13.2 Å². The number of hydrogen-bond acceptors (Lipinski definition) is 2. The average molecular weight is 307 g/mol. The fraction of sp³-hybridized carbons (Fsp3) is 0.308. The molecule has 1 aromatic heterocycles. The number of ketones is 1. The van der Waals surface area contributed by atoms with Crippen LogP contribution in [0.5, 0.6) is 0 Å². The maximum atomic E-state index is 13.8. The Bertz CT molecular complexity index is 690. The number of Topliss-reactive ketones (excluding diaryl/α,β-unsaturated/α-hetero) is 1. The molecule has 0 spiro atoms. The third-order valence-corrected chi connectivity index (χ3v) is 2.97. The monoisotopic (exact) mass is 307 g/mol. The topological polar surface area (TPSA) is 31.2 Å². The number of nitrogens with zero attached hydrogens (tertiary/aromatic N) is 1. The van der Waals surface area contributed by atoms with Crippen molar-refractivity contribution in [2.45, 2.75) is 12.7 Å². The largest absolute Gasteiger partial charge is 0.454 e. The Morgan fingerprint density at radius 1 is 1.29 bits per heavy atom. The first-order valence-electron chi connectivity index (χ1n) is 5.84. The second-order valence-electron chi connectivity index (χ2n) is 4.31. The summed E-state index contributed by atoms with van der Waals surface area (Å²) in [5.74, 6) is -5.01. The molecule has 21 heavy (non-hydrogen) atoms. The number of aromatic nitrogens is 1. The van der Waals surface area contributed by atoms with E-state index in [-0.39, 0.29) is 18.7 Å². The molecule has 0 fully saturated rings. The molecule has 0 saturated carbocycles. The molecule has 0 bridgehead atoms. The minimum absolute atomic E-state index is 0.00134. The number of fused-ring (bicyclic) bond motifs is 1. The Morgan fingerprint density at radius 3 is 2.52 bits per heavy atom. The lowest BCUT2D eigenvalue weighted by Gasteiger charge is -2.04. The van der Waals surface area contributed by atoms with Crippen molar-refractivity contribution in [1.29, 1.82) is 0 Å². The van der Waals surface area contributed by atoms with Gasteiger partial charge >= 0.3 is 6.18 Å². The molecule has 8 heteroatoms. The smallest absolute Gasteiger partial charge is 0.383 e. The lowest BCUT2D eigenvalue weighted by molar-refractivity contribution is -0.0884. The second-order valence-corrected chi connectivity index (χ2v) is 4.31. The number of benzene rings is 1. The predicted octanol–water partition coefficient (Wildman–Crippen LogP) is 3.31. The number of carbonyl (C=O) groups excluding carboxylic acids is 1. The van der Waals surface area contributed by atoms with E-state index in [4.69, 9.17) is 4.74 Å². The summed E-state index contributed by atoms with van der Waals surface area (Å²) in [7, 11) is 1.38. The summed E-state index contributed by atoms with van der Waals surface area (Å²) in [4.78, 5) is 11.4. The zero-order valence-corrected chi connectivity index (χ0v) is 10.8. The molecular weight excluding hydrogens is 297 g/mol. The van der Waals surface area contributed by atoms with Crippen LogP contribution >= 0.6 is 0 Å². The summed E-state index contributed by atoms with van der Waals surface area (Å²) >= 11 is 0. The Hall–Kier alpha value is -1.96. The van der Waals surface area contributed by atoms with E-state index >= 15 is 0 Å². The average Bonchev–Trinajstić information content (AvgIpc) is 2.78. The number of carbonyl (C=O) groups is 1. The summed E-state index contributed by atoms with van der Waals surface area (Å²) in [6, 6.07) is 1.92. The molecule has 2 rings (SSSR count). The normalized spacial score (nSPS) is 12.1. The first-order valence-corrected chi connectivity index (χ1v) is 5.84. The molecule has 0 amide bonds. The van der Waals surface area contributed by atoms with Crippen LogP contribution in [0.15, 0.2) is 18.3 Å².